The van der Waals surface area contributed by atoms with Crippen LogP contribution in [0.25, 0.3) is 11.4 Å². The first-order valence-corrected chi connectivity index (χ1v) is 8.25. The molecule has 112 valence electrons. The lowest BCUT2D eigenvalue weighted by Gasteiger charge is -2.08. The quantitative estimate of drug-likeness (QED) is 0.688. The van der Waals surface area contributed by atoms with E-state index in [1.165, 1.54) is 11.8 Å². The Hall–Kier alpha value is -1.85. The Morgan fingerprint density at radius 3 is 2.59 bits per heavy atom. The van der Waals surface area contributed by atoms with Gasteiger partial charge in [0.1, 0.15) is 5.03 Å². The normalized spacial score (nSPS) is 10.8. The van der Waals surface area contributed by atoms with E-state index in [1.54, 1.807) is 6.20 Å². The van der Waals surface area contributed by atoms with Crippen LogP contribution in [0.1, 0.15) is 13.3 Å². The first kappa shape index (κ1) is 15.1. The number of rotatable bonds is 5. The minimum Gasteiger partial charge on any atom is -0.302 e. The van der Waals surface area contributed by atoms with Gasteiger partial charge in [0.2, 0.25) is 0 Å². The lowest BCUT2D eigenvalue weighted by molar-refractivity contribution is 0.626. The van der Waals surface area contributed by atoms with Gasteiger partial charge in [-0.3, -0.25) is 0 Å². The number of nitrogens with zero attached hydrogens (tertiary/aromatic N) is 4. The highest BCUT2D eigenvalue weighted by Gasteiger charge is 2.14. The molecule has 6 heteroatoms. The van der Waals surface area contributed by atoms with E-state index >= 15 is 0 Å². The third-order valence-corrected chi connectivity index (χ3v) is 4.29. The number of halogens is 1. The van der Waals surface area contributed by atoms with Gasteiger partial charge in [-0.2, -0.15) is 0 Å². The van der Waals surface area contributed by atoms with Crippen molar-refractivity contribution in [1.82, 2.24) is 19.7 Å². The molecule has 0 atom stereocenters. The average Bonchev–Trinajstić information content (AvgIpc) is 2.92. The fourth-order valence-corrected chi connectivity index (χ4v) is 3.05. The van der Waals surface area contributed by atoms with Gasteiger partial charge in [0.05, 0.1) is 0 Å². The number of hydrogen-bond acceptors (Lipinski definition) is 4. The van der Waals surface area contributed by atoms with Gasteiger partial charge in [-0.15, -0.1) is 10.2 Å². The van der Waals surface area contributed by atoms with Gasteiger partial charge < -0.3 is 4.57 Å². The first-order chi connectivity index (χ1) is 10.8. The van der Waals surface area contributed by atoms with Gasteiger partial charge >= 0.3 is 0 Å². The highest BCUT2D eigenvalue weighted by atomic mass is 35.5. The van der Waals surface area contributed by atoms with Crippen LogP contribution in [0, 0.1) is 0 Å². The summed E-state index contributed by atoms with van der Waals surface area (Å²) in [5.74, 6) is 0.858. The molecule has 0 aliphatic carbocycles. The van der Waals surface area contributed by atoms with E-state index < -0.39 is 0 Å². The Morgan fingerprint density at radius 1 is 1.09 bits per heavy atom. The minimum absolute atomic E-state index is 0.716. The summed E-state index contributed by atoms with van der Waals surface area (Å²) in [5, 5.41) is 11.2. The van der Waals surface area contributed by atoms with E-state index in [9.17, 15) is 0 Å². The maximum absolute atomic E-state index is 5.96. The second-order valence-electron chi connectivity index (χ2n) is 4.73. The summed E-state index contributed by atoms with van der Waals surface area (Å²) >= 11 is 7.48. The Kier molecular flexibility index (Phi) is 4.75. The molecule has 1 aromatic carbocycles. The summed E-state index contributed by atoms with van der Waals surface area (Å²) in [4.78, 5) is 4.33. The van der Waals surface area contributed by atoms with E-state index in [2.05, 4.69) is 26.7 Å². The van der Waals surface area contributed by atoms with Crippen LogP contribution in [0.5, 0.6) is 0 Å². The average molecular weight is 331 g/mol. The number of pyridine rings is 1. The zero-order valence-electron chi connectivity index (χ0n) is 12.1. The van der Waals surface area contributed by atoms with Gasteiger partial charge in [-0.25, -0.2) is 4.98 Å². The predicted octanol–water partition coefficient (Wildman–Crippen LogP) is 4.55. The van der Waals surface area contributed by atoms with Crippen molar-refractivity contribution in [2.24, 2.45) is 0 Å². The molecular formula is C16H15ClN4S. The Morgan fingerprint density at radius 2 is 1.91 bits per heavy atom. The standard InChI is InChI=1S/C16H15ClN4S/c1-2-11-21-15(12-6-8-13(17)9-7-12)19-20-16(21)22-14-5-3-4-10-18-14/h3-10H,2,11H2,1H3. The van der Waals surface area contributed by atoms with E-state index in [1.807, 2.05) is 42.5 Å². The van der Waals surface area contributed by atoms with Crippen molar-refractivity contribution in [1.29, 1.82) is 0 Å². The second kappa shape index (κ2) is 6.94. The number of benzene rings is 1. The van der Waals surface area contributed by atoms with Gasteiger partial charge in [-0.1, -0.05) is 24.6 Å². The molecule has 4 nitrogen and oxygen atoms in total. The molecule has 0 saturated carbocycles. The van der Waals surface area contributed by atoms with Crippen LogP contribution in [0.4, 0.5) is 0 Å². The van der Waals surface area contributed by atoms with Crippen molar-refractivity contribution >= 4 is 23.4 Å². The Bertz CT molecular complexity index is 741. The van der Waals surface area contributed by atoms with Crippen molar-refractivity contribution in [3.05, 3.63) is 53.7 Å². The summed E-state index contributed by atoms with van der Waals surface area (Å²) in [5.41, 5.74) is 1.01. The molecule has 0 radical (unpaired) electrons. The molecule has 3 aromatic rings. The molecule has 0 aliphatic heterocycles. The van der Waals surface area contributed by atoms with Crippen molar-refractivity contribution < 1.29 is 0 Å². The maximum atomic E-state index is 5.96. The van der Waals surface area contributed by atoms with E-state index in [-0.39, 0.29) is 0 Å². The molecule has 0 aliphatic rings. The molecular weight excluding hydrogens is 316 g/mol. The Balaban J connectivity index is 1.96. The van der Waals surface area contributed by atoms with E-state index in [0.717, 1.165) is 34.5 Å². The lowest BCUT2D eigenvalue weighted by atomic mass is 10.2. The van der Waals surface area contributed by atoms with E-state index in [4.69, 9.17) is 11.6 Å². The topological polar surface area (TPSA) is 43.6 Å². The third-order valence-electron chi connectivity index (χ3n) is 3.10. The van der Waals surface area contributed by atoms with E-state index in [0.29, 0.717) is 5.02 Å². The van der Waals surface area contributed by atoms with Crippen molar-refractivity contribution in [2.75, 3.05) is 0 Å². The minimum atomic E-state index is 0.716. The summed E-state index contributed by atoms with van der Waals surface area (Å²) in [6.45, 7) is 3.00. The zero-order valence-corrected chi connectivity index (χ0v) is 13.7. The van der Waals surface area contributed by atoms with Crippen LogP contribution < -0.4 is 0 Å². The maximum Gasteiger partial charge on any atom is 0.197 e. The summed E-state index contributed by atoms with van der Waals surface area (Å²) in [7, 11) is 0. The summed E-state index contributed by atoms with van der Waals surface area (Å²) in [6.07, 6.45) is 2.79. The monoisotopic (exact) mass is 330 g/mol. The molecule has 2 heterocycles. The molecule has 22 heavy (non-hydrogen) atoms. The smallest absolute Gasteiger partial charge is 0.197 e. The molecule has 0 saturated heterocycles. The van der Waals surface area contributed by atoms with Gasteiger partial charge in [0, 0.05) is 23.3 Å². The third kappa shape index (κ3) is 3.31. The van der Waals surface area contributed by atoms with Crippen LogP contribution in [0.15, 0.2) is 58.8 Å². The summed E-state index contributed by atoms with van der Waals surface area (Å²) < 4.78 is 2.13. The van der Waals surface area contributed by atoms with Crippen molar-refractivity contribution in [3.63, 3.8) is 0 Å². The fourth-order valence-electron chi connectivity index (χ4n) is 2.10. The predicted molar refractivity (Wildman–Crippen MR) is 89.1 cm³/mol. The highest BCUT2D eigenvalue weighted by Crippen LogP contribution is 2.29. The van der Waals surface area contributed by atoms with Crippen LogP contribution in [-0.2, 0) is 6.54 Å². The van der Waals surface area contributed by atoms with Crippen LogP contribution in [-0.4, -0.2) is 19.7 Å². The lowest BCUT2D eigenvalue weighted by Crippen LogP contribution is -2.01. The fraction of sp³-hybridized carbons (Fsp3) is 0.188. The van der Waals surface area contributed by atoms with Crippen molar-refractivity contribution in [2.45, 2.75) is 30.1 Å². The second-order valence-corrected chi connectivity index (χ2v) is 6.16. The molecule has 0 bridgehead atoms. The molecule has 0 fully saturated rings. The molecule has 2 aromatic heterocycles. The van der Waals surface area contributed by atoms with Gasteiger partial charge in [0.15, 0.2) is 11.0 Å². The SMILES string of the molecule is CCCn1c(Sc2ccccn2)nnc1-c1ccc(Cl)cc1. The molecule has 0 amide bonds. The Labute approximate surface area is 138 Å². The van der Waals surface area contributed by atoms with Gasteiger partial charge in [-0.05, 0) is 54.6 Å². The highest BCUT2D eigenvalue weighted by molar-refractivity contribution is 7.99. The first-order valence-electron chi connectivity index (χ1n) is 7.06. The molecule has 0 N–H and O–H groups in total. The van der Waals surface area contributed by atoms with Crippen LogP contribution >= 0.6 is 23.4 Å². The zero-order chi connectivity index (χ0) is 15.4. The molecule has 0 unspecified atom stereocenters. The van der Waals surface area contributed by atoms with Gasteiger partial charge in [0.25, 0.3) is 0 Å². The van der Waals surface area contributed by atoms with Crippen molar-refractivity contribution in [3.8, 4) is 11.4 Å². The number of hydrogen-bond donors (Lipinski definition) is 0. The largest absolute Gasteiger partial charge is 0.302 e. The van der Waals surface area contributed by atoms with Crippen LogP contribution in [0.2, 0.25) is 5.02 Å². The molecule has 3 rings (SSSR count). The number of aromatic nitrogens is 4. The summed E-state index contributed by atoms with van der Waals surface area (Å²) in [6, 6.07) is 13.5. The van der Waals surface area contributed by atoms with Crippen LogP contribution in [0.3, 0.4) is 0 Å². The molecule has 0 spiro atoms.